The van der Waals surface area contributed by atoms with Gasteiger partial charge in [0.25, 0.3) is 0 Å². The molecule has 4 rings (SSSR count). The van der Waals surface area contributed by atoms with Gasteiger partial charge >= 0.3 is 0 Å². The average molecular weight is 341 g/mol. The van der Waals surface area contributed by atoms with Crippen molar-refractivity contribution in [2.45, 2.75) is 25.3 Å². The number of aryl methyl sites for hydroxylation is 1. The molecule has 1 aromatic carbocycles. The first kappa shape index (κ1) is 16.0. The van der Waals surface area contributed by atoms with Crippen molar-refractivity contribution in [1.29, 1.82) is 0 Å². The van der Waals surface area contributed by atoms with Gasteiger partial charge in [-0.05, 0) is 47.6 Å². The molecule has 1 amide bonds. The Morgan fingerprint density at radius 1 is 1.20 bits per heavy atom. The number of carbonyl (C=O) groups excluding carboxylic acids is 1. The predicted octanol–water partition coefficient (Wildman–Crippen LogP) is 2.13. The van der Waals surface area contributed by atoms with Crippen LogP contribution in [0.15, 0.2) is 24.5 Å². The van der Waals surface area contributed by atoms with Gasteiger partial charge in [0.15, 0.2) is 11.5 Å². The predicted molar refractivity (Wildman–Crippen MR) is 92.7 cm³/mol. The summed E-state index contributed by atoms with van der Waals surface area (Å²) in [6.07, 6.45) is 5.67. The Labute approximate surface area is 147 Å². The molecule has 132 valence electrons. The molecule has 2 atom stereocenters. The molecule has 0 saturated heterocycles. The summed E-state index contributed by atoms with van der Waals surface area (Å²) in [5.41, 5.74) is 3.56. The summed E-state index contributed by atoms with van der Waals surface area (Å²) in [6.45, 7) is 1.41. The number of aromatic nitrogens is 2. The van der Waals surface area contributed by atoms with Gasteiger partial charge in [0, 0.05) is 32.3 Å². The van der Waals surface area contributed by atoms with Crippen molar-refractivity contribution in [3.63, 3.8) is 0 Å². The fraction of sp³-hybridized carbons (Fsp3) is 0.474. The molecule has 1 aliphatic carbocycles. The zero-order chi connectivity index (χ0) is 17.6. The Bertz CT molecular complexity index is 814. The first-order valence-corrected chi connectivity index (χ1v) is 8.61. The highest BCUT2D eigenvalue weighted by Crippen LogP contribution is 2.48. The van der Waals surface area contributed by atoms with Gasteiger partial charge in [-0.25, -0.2) is 0 Å². The summed E-state index contributed by atoms with van der Waals surface area (Å²) in [7, 11) is 5.19. The smallest absolute Gasteiger partial charge is 0.226 e. The second-order valence-electron chi connectivity index (χ2n) is 6.88. The van der Waals surface area contributed by atoms with Crippen molar-refractivity contribution in [1.82, 2.24) is 14.7 Å². The van der Waals surface area contributed by atoms with Crippen molar-refractivity contribution in [3.05, 3.63) is 41.2 Å². The van der Waals surface area contributed by atoms with E-state index >= 15 is 0 Å². The lowest BCUT2D eigenvalue weighted by molar-refractivity contribution is -0.133. The first-order chi connectivity index (χ1) is 12.1. The minimum Gasteiger partial charge on any atom is -0.493 e. The third-order valence-electron chi connectivity index (χ3n) is 5.29. The molecule has 25 heavy (non-hydrogen) atoms. The van der Waals surface area contributed by atoms with Gasteiger partial charge in [0.1, 0.15) is 0 Å². The number of carbonyl (C=O) groups is 1. The van der Waals surface area contributed by atoms with Crippen molar-refractivity contribution < 1.29 is 14.3 Å². The van der Waals surface area contributed by atoms with Crippen LogP contribution >= 0.6 is 0 Å². The molecule has 1 saturated carbocycles. The van der Waals surface area contributed by atoms with Gasteiger partial charge in [0.05, 0.1) is 20.4 Å². The molecule has 6 nitrogen and oxygen atoms in total. The van der Waals surface area contributed by atoms with Crippen LogP contribution in [0.25, 0.3) is 0 Å². The first-order valence-electron chi connectivity index (χ1n) is 8.61. The van der Waals surface area contributed by atoms with E-state index in [4.69, 9.17) is 9.47 Å². The Morgan fingerprint density at radius 3 is 2.56 bits per heavy atom. The second kappa shape index (κ2) is 6.10. The highest BCUT2D eigenvalue weighted by Gasteiger charge is 2.46. The maximum Gasteiger partial charge on any atom is 0.226 e. The van der Waals surface area contributed by atoms with Gasteiger partial charge in [-0.1, -0.05) is 0 Å². The zero-order valence-electron chi connectivity index (χ0n) is 14.9. The standard InChI is InChI=1S/C19H23N3O3/c1-21-10-14(9-20-21)15-8-16(15)19(23)22-5-4-12-6-17(24-2)18(25-3)7-13(12)11-22/h6-7,9-10,15-16H,4-5,8,11H2,1-3H3/t15-,16+/m1/s1. The number of amides is 1. The minimum absolute atomic E-state index is 0.103. The zero-order valence-corrected chi connectivity index (χ0v) is 14.9. The van der Waals surface area contributed by atoms with E-state index in [2.05, 4.69) is 5.10 Å². The fourth-order valence-electron chi connectivity index (χ4n) is 3.77. The molecule has 0 bridgehead atoms. The molecule has 0 unspecified atom stereocenters. The van der Waals surface area contributed by atoms with Crippen molar-refractivity contribution in [2.24, 2.45) is 13.0 Å². The van der Waals surface area contributed by atoms with E-state index in [-0.39, 0.29) is 11.8 Å². The van der Waals surface area contributed by atoms with Crippen molar-refractivity contribution in [3.8, 4) is 11.5 Å². The quantitative estimate of drug-likeness (QED) is 0.855. The fourth-order valence-corrected chi connectivity index (χ4v) is 3.77. The highest BCUT2D eigenvalue weighted by atomic mass is 16.5. The summed E-state index contributed by atoms with van der Waals surface area (Å²) >= 11 is 0. The lowest BCUT2D eigenvalue weighted by Crippen LogP contribution is -2.37. The summed E-state index contributed by atoms with van der Waals surface area (Å²) in [5.74, 6) is 2.16. The van der Waals surface area contributed by atoms with E-state index in [0.717, 1.165) is 36.4 Å². The molecule has 1 aliphatic heterocycles. The lowest BCUT2D eigenvalue weighted by atomic mass is 9.98. The van der Waals surface area contributed by atoms with Gasteiger partial charge in [-0.2, -0.15) is 5.10 Å². The van der Waals surface area contributed by atoms with Crippen LogP contribution in [0.1, 0.15) is 29.0 Å². The van der Waals surface area contributed by atoms with Crippen LogP contribution in [0.3, 0.4) is 0 Å². The van der Waals surface area contributed by atoms with Crippen LogP contribution in [0.5, 0.6) is 11.5 Å². The van der Waals surface area contributed by atoms with E-state index in [1.807, 2.05) is 36.5 Å². The summed E-state index contributed by atoms with van der Waals surface area (Å²) < 4.78 is 12.6. The number of benzene rings is 1. The number of fused-ring (bicyclic) bond motifs is 1. The molecule has 0 spiro atoms. The number of rotatable bonds is 4. The number of nitrogens with zero attached hydrogens (tertiary/aromatic N) is 3. The third kappa shape index (κ3) is 2.86. The molecular formula is C19H23N3O3. The summed E-state index contributed by atoms with van der Waals surface area (Å²) in [5, 5.41) is 4.22. The Morgan fingerprint density at radius 2 is 1.92 bits per heavy atom. The van der Waals surface area contributed by atoms with Crippen LogP contribution in [0.4, 0.5) is 0 Å². The van der Waals surface area contributed by atoms with E-state index < -0.39 is 0 Å². The number of hydrogen-bond acceptors (Lipinski definition) is 4. The largest absolute Gasteiger partial charge is 0.493 e. The van der Waals surface area contributed by atoms with Crippen LogP contribution < -0.4 is 9.47 Å². The van der Waals surface area contributed by atoms with E-state index in [1.165, 1.54) is 11.1 Å². The molecule has 0 N–H and O–H groups in total. The third-order valence-corrected chi connectivity index (χ3v) is 5.29. The average Bonchev–Trinajstić information content (AvgIpc) is 3.32. The van der Waals surface area contributed by atoms with Crippen LogP contribution in [-0.2, 0) is 24.8 Å². The molecule has 2 heterocycles. The van der Waals surface area contributed by atoms with Crippen LogP contribution in [0, 0.1) is 5.92 Å². The van der Waals surface area contributed by atoms with Gasteiger partial charge in [0.2, 0.25) is 5.91 Å². The van der Waals surface area contributed by atoms with Gasteiger partial charge in [-0.3, -0.25) is 9.48 Å². The Kier molecular flexibility index (Phi) is 3.90. The van der Waals surface area contributed by atoms with Crippen molar-refractivity contribution in [2.75, 3.05) is 20.8 Å². The summed E-state index contributed by atoms with van der Waals surface area (Å²) in [4.78, 5) is 14.9. The highest BCUT2D eigenvalue weighted by molar-refractivity contribution is 5.83. The molecule has 1 fully saturated rings. The van der Waals surface area contributed by atoms with Crippen molar-refractivity contribution >= 4 is 5.91 Å². The van der Waals surface area contributed by atoms with E-state index in [9.17, 15) is 4.79 Å². The molecule has 6 heteroatoms. The van der Waals surface area contributed by atoms with Gasteiger partial charge < -0.3 is 14.4 Å². The SMILES string of the molecule is COc1cc2c(cc1OC)CN(C(=O)[C@H]1C[C@@H]1c1cnn(C)c1)CC2. The molecule has 0 radical (unpaired) electrons. The normalized spacial score (nSPS) is 21.6. The van der Waals surface area contributed by atoms with E-state index in [0.29, 0.717) is 12.5 Å². The number of ether oxygens (including phenoxy) is 2. The Balaban J connectivity index is 1.48. The maximum absolute atomic E-state index is 12.9. The lowest BCUT2D eigenvalue weighted by Gasteiger charge is -2.30. The molecule has 2 aliphatic rings. The monoisotopic (exact) mass is 341 g/mol. The minimum atomic E-state index is 0.103. The summed E-state index contributed by atoms with van der Waals surface area (Å²) in [6, 6.07) is 4.03. The number of hydrogen-bond donors (Lipinski definition) is 0. The molecular weight excluding hydrogens is 318 g/mol. The second-order valence-corrected chi connectivity index (χ2v) is 6.88. The van der Waals surface area contributed by atoms with Crippen LogP contribution in [0.2, 0.25) is 0 Å². The Hall–Kier alpha value is -2.50. The van der Waals surface area contributed by atoms with E-state index in [1.54, 1.807) is 18.9 Å². The van der Waals surface area contributed by atoms with Crippen LogP contribution in [-0.4, -0.2) is 41.4 Å². The topological polar surface area (TPSA) is 56.6 Å². The maximum atomic E-state index is 12.9. The molecule has 2 aromatic rings. The molecule has 1 aromatic heterocycles. The number of methoxy groups -OCH3 is 2. The van der Waals surface area contributed by atoms with Gasteiger partial charge in [-0.15, -0.1) is 0 Å².